The molecule has 3 rings (SSSR count). The van der Waals surface area contributed by atoms with Crippen LogP contribution in [0.5, 0.6) is 0 Å². The largest absolute Gasteiger partial charge is 0.380 e. The van der Waals surface area contributed by atoms with Gasteiger partial charge in [0.05, 0.1) is 0 Å². The summed E-state index contributed by atoms with van der Waals surface area (Å²) in [6.07, 6.45) is 2.66. The van der Waals surface area contributed by atoms with Crippen molar-refractivity contribution in [2.75, 3.05) is 23.3 Å². The monoisotopic (exact) mass is 286 g/mol. The zero-order valence-electron chi connectivity index (χ0n) is 12.3. The van der Waals surface area contributed by atoms with Gasteiger partial charge >= 0.3 is 0 Å². The number of thiophene rings is 1. The van der Waals surface area contributed by atoms with Crippen LogP contribution in [-0.4, -0.2) is 13.1 Å². The van der Waals surface area contributed by atoms with Crippen LogP contribution >= 0.6 is 11.3 Å². The Hall–Kier alpha value is -1.48. The van der Waals surface area contributed by atoms with E-state index in [1.165, 1.54) is 52.6 Å². The van der Waals surface area contributed by atoms with Gasteiger partial charge in [0.25, 0.3) is 0 Å². The third kappa shape index (κ3) is 2.98. The van der Waals surface area contributed by atoms with Crippen LogP contribution in [-0.2, 0) is 6.54 Å². The van der Waals surface area contributed by atoms with Gasteiger partial charge < -0.3 is 10.2 Å². The number of hydrogen-bond acceptors (Lipinski definition) is 3. The third-order valence-corrected chi connectivity index (χ3v) is 4.93. The molecule has 3 heteroatoms. The summed E-state index contributed by atoms with van der Waals surface area (Å²) in [5, 5.41) is 3.55. The Labute approximate surface area is 125 Å². The van der Waals surface area contributed by atoms with Crippen LogP contribution in [0.2, 0.25) is 0 Å². The Morgan fingerprint density at radius 3 is 2.55 bits per heavy atom. The van der Waals surface area contributed by atoms with Crippen LogP contribution in [0.4, 0.5) is 11.4 Å². The first-order valence-corrected chi connectivity index (χ1v) is 8.19. The van der Waals surface area contributed by atoms with E-state index >= 15 is 0 Å². The Balaban J connectivity index is 1.67. The van der Waals surface area contributed by atoms with Gasteiger partial charge in [-0.1, -0.05) is 0 Å². The van der Waals surface area contributed by atoms with E-state index in [4.69, 9.17) is 0 Å². The van der Waals surface area contributed by atoms with Crippen molar-refractivity contribution in [1.29, 1.82) is 0 Å². The van der Waals surface area contributed by atoms with Gasteiger partial charge in [0.1, 0.15) is 0 Å². The molecule has 2 nitrogen and oxygen atoms in total. The minimum absolute atomic E-state index is 0.919. The summed E-state index contributed by atoms with van der Waals surface area (Å²) < 4.78 is 0. The second-order valence-corrected chi connectivity index (χ2v) is 6.93. The van der Waals surface area contributed by atoms with Gasteiger partial charge in [-0.3, -0.25) is 0 Å². The fourth-order valence-electron chi connectivity index (χ4n) is 2.78. The number of hydrogen-bond donors (Lipinski definition) is 1. The zero-order valence-corrected chi connectivity index (χ0v) is 13.1. The quantitative estimate of drug-likeness (QED) is 0.885. The van der Waals surface area contributed by atoms with Gasteiger partial charge in [0, 0.05) is 40.8 Å². The van der Waals surface area contributed by atoms with E-state index in [2.05, 4.69) is 54.4 Å². The highest BCUT2D eigenvalue weighted by Gasteiger charge is 2.12. The molecule has 1 fully saturated rings. The number of nitrogens with zero attached hydrogens (tertiary/aromatic N) is 1. The first-order valence-electron chi connectivity index (χ1n) is 7.37. The van der Waals surface area contributed by atoms with Gasteiger partial charge in [-0.25, -0.2) is 0 Å². The lowest BCUT2D eigenvalue weighted by Gasteiger charge is -2.19. The Bertz CT molecular complexity index is 582. The standard InChI is InChI=1S/C17H22N2S/c1-13-11-15(19-9-3-4-10-19)6-8-17(13)18-12-16-7-5-14(2)20-16/h5-8,11,18H,3-4,9-10,12H2,1-2H3. The summed E-state index contributed by atoms with van der Waals surface area (Å²) in [6, 6.07) is 11.2. The molecule has 1 aliphatic rings. The van der Waals surface area contributed by atoms with Crippen LogP contribution in [0.1, 0.15) is 28.2 Å². The van der Waals surface area contributed by atoms with Crippen molar-refractivity contribution in [3.63, 3.8) is 0 Å². The highest BCUT2D eigenvalue weighted by atomic mass is 32.1. The molecule has 1 aliphatic heterocycles. The molecule has 0 amide bonds. The Morgan fingerprint density at radius 1 is 1.10 bits per heavy atom. The Kier molecular flexibility index (Phi) is 3.97. The van der Waals surface area contributed by atoms with Crippen LogP contribution in [0.15, 0.2) is 30.3 Å². The average molecular weight is 286 g/mol. The van der Waals surface area contributed by atoms with Crippen LogP contribution in [0.25, 0.3) is 0 Å². The molecule has 1 N–H and O–H groups in total. The van der Waals surface area contributed by atoms with Crippen molar-refractivity contribution < 1.29 is 0 Å². The molecule has 20 heavy (non-hydrogen) atoms. The molecule has 1 saturated heterocycles. The molecule has 0 unspecified atom stereocenters. The number of rotatable bonds is 4. The highest BCUT2D eigenvalue weighted by molar-refractivity contribution is 7.11. The third-order valence-electron chi connectivity index (χ3n) is 3.93. The highest BCUT2D eigenvalue weighted by Crippen LogP contribution is 2.26. The first kappa shape index (κ1) is 13.5. The van der Waals surface area contributed by atoms with Gasteiger partial charge in [-0.15, -0.1) is 11.3 Å². The molecule has 2 aromatic rings. The molecule has 1 aromatic carbocycles. The molecule has 0 spiro atoms. The second-order valence-electron chi connectivity index (χ2n) is 5.56. The Morgan fingerprint density at radius 2 is 1.90 bits per heavy atom. The predicted octanol–water partition coefficient (Wildman–Crippen LogP) is 4.58. The molecular formula is C17H22N2S. The summed E-state index contributed by atoms with van der Waals surface area (Å²) in [7, 11) is 0. The van der Waals surface area contributed by atoms with E-state index in [-0.39, 0.29) is 0 Å². The van der Waals surface area contributed by atoms with E-state index < -0.39 is 0 Å². The van der Waals surface area contributed by atoms with Crippen molar-refractivity contribution in [1.82, 2.24) is 0 Å². The summed E-state index contributed by atoms with van der Waals surface area (Å²) >= 11 is 1.87. The number of anilines is 2. The first-order chi connectivity index (χ1) is 9.72. The minimum Gasteiger partial charge on any atom is -0.380 e. The normalized spacial score (nSPS) is 14.8. The second kappa shape index (κ2) is 5.88. The van der Waals surface area contributed by atoms with Crippen molar-refractivity contribution in [3.8, 4) is 0 Å². The van der Waals surface area contributed by atoms with Crippen molar-refractivity contribution in [2.45, 2.75) is 33.2 Å². The zero-order chi connectivity index (χ0) is 13.9. The SMILES string of the molecule is Cc1ccc(CNc2ccc(N3CCCC3)cc2C)s1. The molecule has 0 saturated carbocycles. The van der Waals surface area contributed by atoms with Crippen LogP contribution in [0.3, 0.4) is 0 Å². The van der Waals surface area contributed by atoms with Gasteiger partial charge in [0.15, 0.2) is 0 Å². The van der Waals surface area contributed by atoms with Crippen LogP contribution in [0, 0.1) is 13.8 Å². The molecule has 0 radical (unpaired) electrons. The maximum absolute atomic E-state index is 3.55. The van der Waals surface area contributed by atoms with E-state index in [1.807, 2.05) is 11.3 Å². The van der Waals surface area contributed by atoms with Crippen molar-refractivity contribution >= 4 is 22.7 Å². The smallest absolute Gasteiger partial charge is 0.0494 e. The molecular weight excluding hydrogens is 264 g/mol. The van der Waals surface area contributed by atoms with Crippen molar-refractivity contribution in [3.05, 3.63) is 45.6 Å². The van der Waals surface area contributed by atoms with E-state index in [0.717, 1.165) is 6.54 Å². The van der Waals surface area contributed by atoms with E-state index in [0.29, 0.717) is 0 Å². The summed E-state index contributed by atoms with van der Waals surface area (Å²) in [5.74, 6) is 0. The van der Waals surface area contributed by atoms with Gasteiger partial charge in [0.2, 0.25) is 0 Å². The topological polar surface area (TPSA) is 15.3 Å². The maximum atomic E-state index is 3.55. The summed E-state index contributed by atoms with van der Waals surface area (Å²) in [6.45, 7) is 7.69. The fourth-order valence-corrected chi connectivity index (χ4v) is 3.61. The molecule has 106 valence electrons. The van der Waals surface area contributed by atoms with Gasteiger partial charge in [-0.05, 0) is 62.6 Å². The lowest BCUT2D eigenvalue weighted by atomic mass is 10.1. The fraction of sp³-hybridized carbons (Fsp3) is 0.412. The minimum atomic E-state index is 0.919. The number of nitrogens with one attached hydrogen (secondary N) is 1. The van der Waals surface area contributed by atoms with Crippen molar-refractivity contribution in [2.24, 2.45) is 0 Å². The summed E-state index contributed by atoms with van der Waals surface area (Å²) in [4.78, 5) is 5.26. The lowest BCUT2D eigenvalue weighted by Crippen LogP contribution is -2.17. The van der Waals surface area contributed by atoms with Crippen LogP contribution < -0.4 is 10.2 Å². The number of benzene rings is 1. The lowest BCUT2D eigenvalue weighted by molar-refractivity contribution is 0.949. The molecule has 0 aliphatic carbocycles. The predicted molar refractivity (Wildman–Crippen MR) is 89.0 cm³/mol. The maximum Gasteiger partial charge on any atom is 0.0494 e. The number of aryl methyl sites for hydroxylation is 2. The van der Waals surface area contributed by atoms with E-state index in [1.54, 1.807) is 0 Å². The molecule has 0 bridgehead atoms. The van der Waals surface area contributed by atoms with Gasteiger partial charge in [-0.2, -0.15) is 0 Å². The molecule has 2 heterocycles. The molecule has 1 aromatic heterocycles. The average Bonchev–Trinajstić information content (AvgIpc) is 3.08. The van der Waals surface area contributed by atoms with E-state index in [9.17, 15) is 0 Å². The molecule has 0 atom stereocenters. The summed E-state index contributed by atoms with van der Waals surface area (Å²) in [5.41, 5.74) is 3.96.